The molecule has 1 aromatic rings. The van der Waals surface area contributed by atoms with Crippen LogP contribution >= 0.6 is 24.8 Å². The molecule has 1 aliphatic heterocycles. The maximum Gasteiger partial charge on any atom is 0.224 e. The molecule has 1 saturated carbocycles. The van der Waals surface area contributed by atoms with Crippen LogP contribution < -0.4 is 16.0 Å². The van der Waals surface area contributed by atoms with E-state index in [0.29, 0.717) is 19.5 Å². The smallest absolute Gasteiger partial charge is 0.224 e. The SMILES string of the molecule is Cl.Cl.N[C@@H]1CCC[C@H]1CC(=O)Nc1cccc(N2CCS(=O)(=O)CC2)c1. The van der Waals surface area contributed by atoms with Gasteiger partial charge in [0.05, 0.1) is 11.5 Å². The zero-order valence-electron chi connectivity index (χ0n) is 14.6. The second kappa shape index (κ2) is 9.78. The number of carbonyl (C=O) groups excluding carboxylic acids is 1. The fourth-order valence-corrected chi connectivity index (χ4v) is 4.72. The van der Waals surface area contributed by atoms with E-state index in [1.807, 2.05) is 29.2 Å². The standard InChI is InChI=1S/C17H25N3O3S.2ClH/c18-16-6-1-3-13(16)11-17(21)19-14-4-2-5-15(12-14)20-7-9-24(22,23)10-8-20;;/h2,4-5,12-13,16H,1,3,6-11,18H2,(H,19,21);2*1H/t13-,16+;;/m0../s1. The summed E-state index contributed by atoms with van der Waals surface area (Å²) in [6, 6.07) is 7.73. The highest BCUT2D eigenvalue weighted by Crippen LogP contribution is 2.27. The van der Waals surface area contributed by atoms with Gasteiger partial charge in [-0.25, -0.2) is 8.42 Å². The molecule has 1 amide bonds. The Balaban J connectivity index is 0.00000169. The van der Waals surface area contributed by atoms with Gasteiger partial charge in [0.2, 0.25) is 5.91 Å². The first kappa shape index (κ1) is 23.0. The van der Waals surface area contributed by atoms with Crippen molar-refractivity contribution in [2.24, 2.45) is 11.7 Å². The molecule has 2 aliphatic rings. The van der Waals surface area contributed by atoms with Crippen LogP contribution in [-0.4, -0.2) is 45.0 Å². The molecule has 6 nitrogen and oxygen atoms in total. The Labute approximate surface area is 167 Å². The molecule has 1 saturated heterocycles. The molecule has 0 unspecified atom stereocenters. The third-order valence-corrected chi connectivity index (χ3v) is 6.61. The Bertz CT molecular complexity index is 701. The largest absolute Gasteiger partial charge is 0.369 e. The van der Waals surface area contributed by atoms with E-state index in [4.69, 9.17) is 5.73 Å². The van der Waals surface area contributed by atoms with Gasteiger partial charge >= 0.3 is 0 Å². The van der Waals surface area contributed by atoms with E-state index in [1.54, 1.807) is 0 Å². The molecule has 0 spiro atoms. The zero-order chi connectivity index (χ0) is 17.2. The molecule has 0 aromatic heterocycles. The Morgan fingerprint density at radius 1 is 1.19 bits per heavy atom. The maximum atomic E-state index is 12.2. The first-order chi connectivity index (χ1) is 11.4. The van der Waals surface area contributed by atoms with Crippen LogP contribution in [0.2, 0.25) is 0 Å². The van der Waals surface area contributed by atoms with Crippen LogP contribution in [0.3, 0.4) is 0 Å². The molecular formula is C17H27Cl2N3O3S. The minimum absolute atomic E-state index is 0. The van der Waals surface area contributed by atoms with Crippen molar-refractivity contribution in [1.82, 2.24) is 0 Å². The summed E-state index contributed by atoms with van der Waals surface area (Å²) in [5.41, 5.74) is 7.72. The molecule has 2 fully saturated rings. The van der Waals surface area contributed by atoms with E-state index in [2.05, 4.69) is 5.32 Å². The fourth-order valence-electron chi connectivity index (χ4n) is 3.52. The Morgan fingerprint density at radius 2 is 1.88 bits per heavy atom. The summed E-state index contributed by atoms with van der Waals surface area (Å²) in [6.07, 6.45) is 3.60. The van der Waals surface area contributed by atoms with Gasteiger partial charge < -0.3 is 16.0 Å². The Kier molecular flexibility index (Phi) is 8.66. The Hall–Kier alpha value is -1.02. The van der Waals surface area contributed by atoms with Crippen LogP contribution in [0.15, 0.2) is 24.3 Å². The molecule has 1 heterocycles. The first-order valence-corrected chi connectivity index (χ1v) is 10.4. The summed E-state index contributed by atoms with van der Waals surface area (Å²) in [7, 11) is -2.89. The Morgan fingerprint density at radius 3 is 2.50 bits per heavy atom. The van der Waals surface area contributed by atoms with E-state index in [9.17, 15) is 13.2 Å². The van der Waals surface area contributed by atoms with E-state index in [0.717, 1.165) is 30.6 Å². The van der Waals surface area contributed by atoms with Crippen LogP contribution in [0, 0.1) is 5.92 Å². The number of benzene rings is 1. The quantitative estimate of drug-likeness (QED) is 0.773. The summed E-state index contributed by atoms with van der Waals surface area (Å²) in [5, 5.41) is 2.95. The van der Waals surface area contributed by atoms with Crippen molar-refractivity contribution in [3.05, 3.63) is 24.3 Å². The number of halogens is 2. The van der Waals surface area contributed by atoms with Crippen molar-refractivity contribution in [3.8, 4) is 0 Å². The lowest BCUT2D eigenvalue weighted by Crippen LogP contribution is -2.40. The summed E-state index contributed by atoms with van der Waals surface area (Å²) in [5.74, 6) is 0.642. The normalized spacial score (nSPS) is 24.3. The number of nitrogens with two attached hydrogens (primary N) is 1. The lowest BCUT2D eigenvalue weighted by molar-refractivity contribution is -0.117. The number of anilines is 2. The molecule has 3 rings (SSSR count). The second-order valence-electron chi connectivity index (χ2n) is 6.80. The molecular weight excluding hydrogens is 397 g/mol. The number of nitrogens with one attached hydrogen (secondary N) is 1. The molecule has 2 atom stereocenters. The van der Waals surface area contributed by atoms with Crippen molar-refractivity contribution in [1.29, 1.82) is 0 Å². The van der Waals surface area contributed by atoms with E-state index in [-0.39, 0.29) is 54.2 Å². The lowest BCUT2D eigenvalue weighted by Gasteiger charge is -2.29. The average Bonchev–Trinajstić information content (AvgIpc) is 2.92. The van der Waals surface area contributed by atoms with E-state index < -0.39 is 9.84 Å². The summed E-state index contributed by atoms with van der Waals surface area (Å²) in [6.45, 7) is 0.993. The van der Waals surface area contributed by atoms with Crippen molar-refractivity contribution in [3.63, 3.8) is 0 Å². The van der Waals surface area contributed by atoms with Crippen LogP contribution in [0.25, 0.3) is 0 Å². The third-order valence-electron chi connectivity index (χ3n) is 5.00. The van der Waals surface area contributed by atoms with Gasteiger partial charge in [0.1, 0.15) is 0 Å². The number of hydrogen-bond acceptors (Lipinski definition) is 5. The summed E-state index contributed by atoms with van der Waals surface area (Å²) >= 11 is 0. The molecule has 1 aliphatic carbocycles. The predicted octanol–water partition coefficient (Wildman–Crippen LogP) is 2.22. The lowest BCUT2D eigenvalue weighted by atomic mass is 10.00. The average molecular weight is 424 g/mol. The summed E-state index contributed by atoms with van der Waals surface area (Å²) < 4.78 is 23.1. The number of hydrogen-bond donors (Lipinski definition) is 2. The monoisotopic (exact) mass is 423 g/mol. The van der Waals surface area contributed by atoms with Crippen LogP contribution in [0.1, 0.15) is 25.7 Å². The highest BCUT2D eigenvalue weighted by atomic mass is 35.5. The molecule has 0 bridgehead atoms. The van der Waals surface area contributed by atoms with Crippen molar-refractivity contribution < 1.29 is 13.2 Å². The van der Waals surface area contributed by atoms with Gasteiger partial charge in [-0.3, -0.25) is 4.79 Å². The number of amides is 1. The van der Waals surface area contributed by atoms with Crippen LogP contribution in [0.4, 0.5) is 11.4 Å². The first-order valence-electron chi connectivity index (χ1n) is 8.54. The van der Waals surface area contributed by atoms with Crippen molar-refractivity contribution in [2.45, 2.75) is 31.7 Å². The van der Waals surface area contributed by atoms with Gasteiger partial charge in [-0.15, -0.1) is 24.8 Å². The molecule has 1 aromatic carbocycles. The predicted molar refractivity (Wildman–Crippen MR) is 110 cm³/mol. The number of rotatable bonds is 4. The van der Waals surface area contributed by atoms with Crippen LogP contribution in [-0.2, 0) is 14.6 Å². The molecule has 3 N–H and O–H groups in total. The third kappa shape index (κ3) is 6.01. The van der Waals surface area contributed by atoms with Crippen LogP contribution in [0.5, 0.6) is 0 Å². The van der Waals surface area contributed by atoms with E-state index in [1.165, 1.54) is 0 Å². The van der Waals surface area contributed by atoms with Gasteiger partial charge in [0.15, 0.2) is 9.84 Å². The maximum absolute atomic E-state index is 12.2. The zero-order valence-corrected chi connectivity index (χ0v) is 17.0. The number of carbonyl (C=O) groups is 1. The topological polar surface area (TPSA) is 92.5 Å². The fraction of sp³-hybridized carbons (Fsp3) is 0.588. The van der Waals surface area contributed by atoms with Gasteiger partial charge in [0.25, 0.3) is 0 Å². The van der Waals surface area contributed by atoms with Gasteiger partial charge in [-0.2, -0.15) is 0 Å². The minimum Gasteiger partial charge on any atom is -0.369 e. The number of nitrogens with zero attached hydrogens (tertiary/aromatic N) is 1. The molecule has 148 valence electrons. The number of sulfone groups is 1. The van der Waals surface area contributed by atoms with Gasteiger partial charge in [-0.05, 0) is 37.0 Å². The van der Waals surface area contributed by atoms with Crippen molar-refractivity contribution in [2.75, 3.05) is 34.8 Å². The van der Waals surface area contributed by atoms with Gasteiger partial charge in [-0.1, -0.05) is 12.5 Å². The molecule has 26 heavy (non-hydrogen) atoms. The van der Waals surface area contributed by atoms with Crippen molar-refractivity contribution >= 4 is 51.9 Å². The minimum atomic E-state index is -2.89. The second-order valence-corrected chi connectivity index (χ2v) is 9.10. The highest BCUT2D eigenvalue weighted by molar-refractivity contribution is 7.91. The van der Waals surface area contributed by atoms with E-state index >= 15 is 0 Å². The van der Waals surface area contributed by atoms with Gasteiger partial charge in [0, 0.05) is 36.9 Å². The molecule has 9 heteroatoms. The summed E-state index contributed by atoms with van der Waals surface area (Å²) in [4.78, 5) is 14.3. The highest BCUT2D eigenvalue weighted by Gasteiger charge is 2.26. The molecule has 0 radical (unpaired) electrons.